The van der Waals surface area contributed by atoms with Crippen molar-refractivity contribution in [2.75, 3.05) is 24.9 Å². The highest BCUT2D eigenvalue weighted by Crippen LogP contribution is 2.19. The van der Waals surface area contributed by atoms with Gasteiger partial charge >= 0.3 is 0 Å². The Hall–Kier alpha value is -1.54. The molecule has 0 aliphatic carbocycles. The summed E-state index contributed by atoms with van der Waals surface area (Å²) in [5.74, 6) is 1.79. The Labute approximate surface area is 127 Å². The molecule has 0 aliphatic rings. The number of rotatable bonds is 7. The SMILES string of the molecule is COc1ccc(Cc2nnc(SCCS(C)(=O)=O)o2)cc1. The van der Waals surface area contributed by atoms with Gasteiger partial charge in [-0.1, -0.05) is 23.9 Å². The number of sulfone groups is 1. The van der Waals surface area contributed by atoms with Crippen LogP contribution in [0.4, 0.5) is 0 Å². The number of benzene rings is 1. The number of ether oxygens (including phenoxy) is 1. The van der Waals surface area contributed by atoms with Crippen molar-refractivity contribution in [1.29, 1.82) is 0 Å². The van der Waals surface area contributed by atoms with Crippen LogP contribution in [-0.4, -0.2) is 43.5 Å². The molecule has 1 aromatic heterocycles. The Kier molecular flexibility index (Phi) is 5.24. The fourth-order valence-electron chi connectivity index (χ4n) is 1.57. The second-order valence-electron chi connectivity index (χ2n) is 4.46. The summed E-state index contributed by atoms with van der Waals surface area (Å²) in [7, 11) is -1.35. The molecule has 0 fully saturated rings. The third-order valence-electron chi connectivity index (χ3n) is 2.64. The van der Waals surface area contributed by atoms with Crippen LogP contribution in [0, 0.1) is 0 Å². The molecular weight excluding hydrogens is 312 g/mol. The first-order chi connectivity index (χ1) is 9.96. The molecule has 0 aliphatic heterocycles. The van der Waals surface area contributed by atoms with Crippen LogP contribution in [0.25, 0.3) is 0 Å². The van der Waals surface area contributed by atoms with Crippen LogP contribution in [0.15, 0.2) is 33.9 Å². The third-order valence-corrected chi connectivity index (χ3v) is 4.67. The molecule has 6 nitrogen and oxygen atoms in total. The summed E-state index contributed by atoms with van der Waals surface area (Å²) in [4.78, 5) is 0. The third kappa shape index (κ3) is 5.39. The molecule has 114 valence electrons. The minimum Gasteiger partial charge on any atom is -0.497 e. The van der Waals surface area contributed by atoms with E-state index in [0.717, 1.165) is 11.3 Å². The topological polar surface area (TPSA) is 82.3 Å². The highest BCUT2D eigenvalue weighted by atomic mass is 32.2. The maximum absolute atomic E-state index is 11.0. The molecule has 8 heteroatoms. The Morgan fingerprint density at radius 3 is 2.57 bits per heavy atom. The minimum atomic E-state index is -2.97. The number of nitrogens with zero attached hydrogens (tertiary/aromatic N) is 2. The minimum absolute atomic E-state index is 0.0911. The molecule has 1 aromatic carbocycles. The zero-order valence-electron chi connectivity index (χ0n) is 11.8. The standard InChI is InChI=1S/C13H16N2O4S2/c1-18-11-5-3-10(4-6-11)9-12-14-15-13(19-12)20-7-8-21(2,16)17/h3-6H,7-9H2,1-2H3. The summed E-state index contributed by atoms with van der Waals surface area (Å²) in [5, 5.41) is 8.23. The van der Waals surface area contributed by atoms with E-state index in [9.17, 15) is 8.42 Å². The lowest BCUT2D eigenvalue weighted by molar-refractivity contribution is 0.413. The number of hydrogen-bond donors (Lipinski definition) is 0. The summed E-state index contributed by atoms with van der Waals surface area (Å²) in [6.45, 7) is 0. The molecule has 1 heterocycles. The maximum atomic E-state index is 11.0. The zero-order chi connectivity index (χ0) is 15.3. The molecule has 21 heavy (non-hydrogen) atoms. The van der Waals surface area contributed by atoms with Crippen LogP contribution in [0.3, 0.4) is 0 Å². The van der Waals surface area contributed by atoms with Gasteiger partial charge in [-0.2, -0.15) is 0 Å². The van der Waals surface area contributed by atoms with Crippen LogP contribution >= 0.6 is 11.8 Å². The summed E-state index contributed by atoms with van der Waals surface area (Å²) in [6, 6.07) is 7.60. The molecule has 0 saturated heterocycles. The summed E-state index contributed by atoms with van der Waals surface area (Å²) in [6.07, 6.45) is 1.74. The molecule has 2 aromatic rings. The second kappa shape index (κ2) is 6.95. The van der Waals surface area contributed by atoms with Crippen molar-refractivity contribution in [1.82, 2.24) is 10.2 Å². The average molecular weight is 328 g/mol. The zero-order valence-corrected chi connectivity index (χ0v) is 13.4. The van der Waals surface area contributed by atoms with Gasteiger partial charge in [0.25, 0.3) is 5.22 Å². The quantitative estimate of drug-likeness (QED) is 0.717. The van der Waals surface area contributed by atoms with Crippen molar-refractivity contribution in [2.24, 2.45) is 0 Å². The second-order valence-corrected chi connectivity index (χ2v) is 7.77. The van der Waals surface area contributed by atoms with Crippen LogP contribution in [0.5, 0.6) is 5.75 Å². The number of methoxy groups -OCH3 is 1. The van der Waals surface area contributed by atoms with Gasteiger partial charge in [0, 0.05) is 12.0 Å². The van der Waals surface area contributed by atoms with Gasteiger partial charge in [-0.05, 0) is 17.7 Å². The van der Waals surface area contributed by atoms with Gasteiger partial charge in [-0.25, -0.2) is 8.42 Å². The lowest BCUT2D eigenvalue weighted by atomic mass is 10.1. The van der Waals surface area contributed by atoms with Gasteiger partial charge in [0.2, 0.25) is 5.89 Å². The van der Waals surface area contributed by atoms with E-state index < -0.39 is 9.84 Å². The van der Waals surface area contributed by atoms with Crippen LogP contribution in [0.2, 0.25) is 0 Å². The summed E-state index contributed by atoms with van der Waals surface area (Å²) < 4.78 is 32.6. The van der Waals surface area contributed by atoms with Crippen molar-refractivity contribution in [3.05, 3.63) is 35.7 Å². The molecule has 0 spiro atoms. The molecule has 0 unspecified atom stereocenters. The van der Waals surface area contributed by atoms with Crippen molar-refractivity contribution >= 4 is 21.6 Å². The highest BCUT2D eigenvalue weighted by molar-refractivity contribution is 8.00. The van der Waals surface area contributed by atoms with E-state index in [2.05, 4.69) is 10.2 Å². The van der Waals surface area contributed by atoms with E-state index in [4.69, 9.17) is 9.15 Å². The molecule has 0 bridgehead atoms. The van der Waals surface area contributed by atoms with Crippen LogP contribution in [-0.2, 0) is 16.3 Å². The van der Waals surface area contributed by atoms with E-state index >= 15 is 0 Å². The summed E-state index contributed by atoms with van der Waals surface area (Å²) >= 11 is 1.25. The Bertz CT molecular complexity index is 680. The first kappa shape index (κ1) is 15.8. The van der Waals surface area contributed by atoms with Crippen molar-refractivity contribution < 1.29 is 17.6 Å². The Balaban J connectivity index is 1.90. The maximum Gasteiger partial charge on any atom is 0.276 e. The average Bonchev–Trinajstić information content (AvgIpc) is 2.86. The van der Waals surface area contributed by atoms with E-state index in [-0.39, 0.29) is 5.75 Å². The smallest absolute Gasteiger partial charge is 0.276 e. The van der Waals surface area contributed by atoms with E-state index in [1.54, 1.807) is 7.11 Å². The monoisotopic (exact) mass is 328 g/mol. The highest BCUT2D eigenvalue weighted by Gasteiger charge is 2.09. The van der Waals surface area contributed by atoms with E-state index in [1.165, 1.54) is 18.0 Å². The molecule has 2 rings (SSSR count). The number of aromatic nitrogens is 2. The van der Waals surface area contributed by atoms with Crippen molar-refractivity contribution in [3.63, 3.8) is 0 Å². The van der Waals surface area contributed by atoms with Gasteiger partial charge in [0.15, 0.2) is 0 Å². The predicted molar refractivity (Wildman–Crippen MR) is 80.5 cm³/mol. The normalized spacial score (nSPS) is 11.5. The molecule has 0 atom stereocenters. The van der Waals surface area contributed by atoms with Crippen molar-refractivity contribution in [3.8, 4) is 5.75 Å². The fourth-order valence-corrected chi connectivity index (χ4v) is 3.54. The van der Waals surface area contributed by atoms with Gasteiger partial charge < -0.3 is 9.15 Å². The molecule has 0 N–H and O–H groups in total. The largest absolute Gasteiger partial charge is 0.497 e. The Morgan fingerprint density at radius 2 is 1.95 bits per heavy atom. The van der Waals surface area contributed by atoms with Gasteiger partial charge in [-0.3, -0.25) is 0 Å². The van der Waals surface area contributed by atoms with Gasteiger partial charge in [-0.15, -0.1) is 10.2 Å². The lowest BCUT2D eigenvalue weighted by Gasteiger charge is -2.00. The van der Waals surface area contributed by atoms with Crippen LogP contribution < -0.4 is 4.74 Å². The lowest BCUT2D eigenvalue weighted by Crippen LogP contribution is -2.04. The predicted octanol–water partition coefficient (Wildman–Crippen LogP) is 1.81. The molecular formula is C13H16N2O4S2. The first-order valence-electron chi connectivity index (χ1n) is 6.22. The molecule has 0 radical (unpaired) electrons. The number of thioether (sulfide) groups is 1. The fraction of sp³-hybridized carbons (Fsp3) is 0.385. The van der Waals surface area contributed by atoms with E-state index in [0.29, 0.717) is 23.3 Å². The van der Waals surface area contributed by atoms with Gasteiger partial charge in [0.05, 0.1) is 19.3 Å². The van der Waals surface area contributed by atoms with E-state index in [1.807, 2.05) is 24.3 Å². The van der Waals surface area contributed by atoms with Crippen molar-refractivity contribution in [2.45, 2.75) is 11.6 Å². The van der Waals surface area contributed by atoms with Crippen LogP contribution in [0.1, 0.15) is 11.5 Å². The molecule has 0 saturated carbocycles. The van der Waals surface area contributed by atoms with Gasteiger partial charge in [0.1, 0.15) is 15.6 Å². The number of hydrogen-bond acceptors (Lipinski definition) is 7. The summed E-state index contributed by atoms with van der Waals surface area (Å²) in [5.41, 5.74) is 1.03. The Morgan fingerprint density at radius 1 is 1.24 bits per heavy atom. The molecule has 0 amide bonds. The first-order valence-corrected chi connectivity index (χ1v) is 9.27.